The number of carbonyl (C=O) groups is 1. The predicted octanol–water partition coefficient (Wildman–Crippen LogP) is 6.19. The van der Waals surface area contributed by atoms with Gasteiger partial charge in [-0.3, -0.25) is 0 Å². The summed E-state index contributed by atoms with van der Waals surface area (Å²) in [5.74, 6) is 1.83. The van der Waals surface area contributed by atoms with E-state index in [4.69, 9.17) is 25.8 Å². The summed E-state index contributed by atoms with van der Waals surface area (Å²) in [7, 11) is 3.27. The molecule has 0 saturated heterocycles. The molecule has 2 aromatic rings. The number of benzene rings is 2. The Kier molecular flexibility index (Phi) is 8.04. The van der Waals surface area contributed by atoms with Gasteiger partial charge in [0.05, 0.1) is 37.2 Å². The Labute approximate surface area is 242 Å². The molecule has 1 aliphatic heterocycles. The molecule has 0 radical (unpaired) electrons. The Hall–Kier alpha value is -2.28. The van der Waals surface area contributed by atoms with Gasteiger partial charge in [-0.25, -0.2) is 4.79 Å². The number of esters is 1. The van der Waals surface area contributed by atoms with E-state index < -0.39 is 0 Å². The Balaban J connectivity index is 1.33. The van der Waals surface area contributed by atoms with Crippen LogP contribution in [0.1, 0.15) is 72.9 Å². The molecule has 4 aliphatic rings. The van der Waals surface area contributed by atoms with Crippen molar-refractivity contribution in [1.29, 1.82) is 0 Å². The second kappa shape index (κ2) is 11.5. The minimum atomic E-state index is -0.337. The van der Waals surface area contributed by atoms with Crippen LogP contribution in [0.4, 0.5) is 5.69 Å². The molecule has 1 unspecified atom stereocenters. The first-order valence-corrected chi connectivity index (χ1v) is 15.4. The summed E-state index contributed by atoms with van der Waals surface area (Å²) in [6, 6.07) is 12.0. The van der Waals surface area contributed by atoms with E-state index in [2.05, 4.69) is 17.0 Å². The molecule has 1 heterocycles. The van der Waals surface area contributed by atoms with E-state index in [0.29, 0.717) is 29.9 Å². The lowest BCUT2D eigenvalue weighted by molar-refractivity contribution is -0.0721. The van der Waals surface area contributed by atoms with E-state index >= 15 is 0 Å². The minimum absolute atomic E-state index is 0.157. The van der Waals surface area contributed by atoms with Crippen molar-refractivity contribution in [3.8, 4) is 5.75 Å². The van der Waals surface area contributed by atoms with E-state index in [1.807, 2.05) is 25.3 Å². The SMILES string of the molecule is COC(=O)c1ccc2c(c1)N(C[C@@H]1CC[C@H]1[C@H](OC)[C@H]1CCCC(O)C1)C[C@@]1(CCCc3cc(Cl)ccc31)CO2. The van der Waals surface area contributed by atoms with Gasteiger partial charge in [-0.1, -0.05) is 24.1 Å². The largest absolute Gasteiger partial charge is 0.490 e. The molecule has 1 spiro atoms. The second-order valence-corrected chi connectivity index (χ2v) is 13.0. The number of halogens is 1. The fourth-order valence-corrected chi connectivity index (χ4v) is 8.31. The zero-order chi connectivity index (χ0) is 27.9. The van der Waals surface area contributed by atoms with Gasteiger partial charge < -0.3 is 24.2 Å². The van der Waals surface area contributed by atoms with Gasteiger partial charge in [-0.15, -0.1) is 0 Å². The van der Waals surface area contributed by atoms with Crippen molar-refractivity contribution in [2.45, 2.75) is 75.4 Å². The number of aryl methyl sites for hydroxylation is 1. The molecule has 6 rings (SSSR count). The normalized spacial score (nSPS) is 30.4. The summed E-state index contributed by atoms with van der Waals surface area (Å²) in [4.78, 5) is 15.0. The number of ether oxygens (including phenoxy) is 3. The number of hydrogen-bond donors (Lipinski definition) is 1. The Morgan fingerprint density at radius 3 is 2.77 bits per heavy atom. The third kappa shape index (κ3) is 5.23. The molecule has 0 aromatic heterocycles. The number of carbonyl (C=O) groups excluding carboxylic acids is 1. The van der Waals surface area contributed by atoms with E-state index in [-0.39, 0.29) is 23.6 Å². The summed E-state index contributed by atoms with van der Waals surface area (Å²) in [5, 5.41) is 11.2. The molecule has 2 saturated carbocycles. The van der Waals surface area contributed by atoms with Gasteiger partial charge >= 0.3 is 5.97 Å². The fourth-order valence-electron chi connectivity index (χ4n) is 8.11. The maximum absolute atomic E-state index is 12.5. The molecular weight excluding hydrogens is 526 g/mol. The predicted molar refractivity (Wildman–Crippen MR) is 157 cm³/mol. The lowest BCUT2D eigenvalue weighted by atomic mass is 9.65. The molecule has 40 heavy (non-hydrogen) atoms. The third-order valence-electron chi connectivity index (χ3n) is 10.2. The molecule has 7 heteroatoms. The quantitative estimate of drug-likeness (QED) is 0.420. The number of nitrogens with zero attached hydrogens (tertiary/aromatic N) is 1. The average Bonchev–Trinajstić information content (AvgIpc) is 3.10. The summed E-state index contributed by atoms with van der Waals surface area (Å²) in [6.45, 7) is 2.30. The number of anilines is 1. The topological polar surface area (TPSA) is 68.2 Å². The summed E-state index contributed by atoms with van der Waals surface area (Å²) in [6.07, 6.45) is 9.39. The summed E-state index contributed by atoms with van der Waals surface area (Å²) in [5.41, 5.74) is 4.01. The van der Waals surface area contributed by atoms with E-state index in [9.17, 15) is 9.90 Å². The number of methoxy groups -OCH3 is 2. The van der Waals surface area contributed by atoms with Crippen LogP contribution in [0.15, 0.2) is 36.4 Å². The smallest absolute Gasteiger partial charge is 0.337 e. The van der Waals surface area contributed by atoms with E-state index in [0.717, 1.165) is 87.3 Å². The lowest BCUT2D eigenvalue weighted by Crippen LogP contribution is -2.51. The molecule has 2 aromatic carbocycles. The first-order chi connectivity index (χ1) is 19.4. The van der Waals surface area contributed by atoms with Crippen molar-refractivity contribution in [3.63, 3.8) is 0 Å². The van der Waals surface area contributed by atoms with Crippen LogP contribution in [0.25, 0.3) is 0 Å². The summed E-state index contributed by atoms with van der Waals surface area (Å²) >= 11 is 6.41. The Bertz CT molecular complexity index is 1240. The monoisotopic (exact) mass is 567 g/mol. The third-order valence-corrected chi connectivity index (χ3v) is 10.5. The molecule has 0 amide bonds. The van der Waals surface area contributed by atoms with Gasteiger partial charge in [0.15, 0.2) is 0 Å². The van der Waals surface area contributed by atoms with Crippen LogP contribution < -0.4 is 9.64 Å². The number of aliphatic hydroxyl groups is 1. The van der Waals surface area contributed by atoms with Crippen molar-refractivity contribution in [1.82, 2.24) is 0 Å². The van der Waals surface area contributed by atoms with Crippen LogP contribution in [-0.4, -0.2) is 57.2 Å². The van der Waals surface area contributed by atoms with Crippen LogP contribution in [-0.2, 0) is 21.3 Å². The highest BCUT2D eigenvalue weighted by molar-refractivity contribution is 6.30. The zero-order valence-corrected chi connectivity index (χ0v) is 24.5. The minimum Gasteiger partial charge on any atom is -0.490 e. The van der Waals surface area contributed by atoms with Crippen LogP contribution in [0.2, 0.25) is 5.02 Å². The van der Waals surface area contributed by atoms with E-state index in [1.54, 1.807) is 6.07 Å². The number of hydrogen-bond acceptors (Lipinski definition) is 6. The Morgan fingerprint density at radius 2 is 2.02 bits per heavy atom. The van der Waals surface area contributed by atoms with E-state index in [1.165, 1.54) is 18.2 Å². The molecule has 6 atom stereocenters. The molecule has 6 nitrogen and oxygen atoms in total. The van der Waals surface area contributed by atoms with Gasteiger partial charge in [0.2, 0.25) is 0 Å². The fraction of sp³-hybridized carbons (Fsp3) is 0.606. The van der Waals surface area contributed by atoms with Crippen molar-refractivity contribution >= 4 is 23.3 Å². The summed E-state index contributed by atoms with van der Waals surface area (Å²) < 4.78 is 17.8. The molecule has 3 aliphatic carbocycles. The zero-order valence-electron chi connectivity index (χ0n) is 23.7. The van der Waals surface area contributed by atoms with Crippen LogP contribution >= 0.6 is 11.6 Å². The second-order valence-electron chi connectivity index (χ2n) is 12.6. The average molecular weight is 568 g/mol. The first-order valence-electron chi connectivity index (χ1n) is 15.0. The molecule has 216 valence electrons. The maximum atomic E-state index is 12.5. The molecule has 2 fully saturated rings. The maximum Gasteiger partial charge on any atom is 0.337 e. The highest BCUT2D eigenvalue weighted by Crippen LogP contribution is 2.48. The van der Waals surface area contributed by atoms with Crippen molar-refractivity contribution in [3.05, 3.63) is 58.1 Å². The molecule has 0 bridgehead atoms. The van der Waals surface area contributed by atoms with Crippen LogP contribution in [0.5, 0.6) is 5.75 Å². The van der Waals surface area contributed by atoms with Gasteiger partial charge in [-0.2, -0.15) is 0 Å². The van der Waals surface area contributed by atoms with Gasteiger partial charge in [0, 0.05) is 30.6 Å². The standard InChI is InChI=1S/C33H42ClNO5/c1-38-31(22-5-3-7-26(36)16-22)27-11-8-24(27)18-35-19-33(14-4-6-21-15-25(34)10-12-28(21)33)20-40-30-13-9-23(17-29(30)35)32(37)39-2/h9-10,12-13,15,17,22,24,26-27,31,36H,3-8,11,14,16,18-20H2,1-2H3/t22-,24-,26?,27+,31+,33-/m0/s1. The van der Waals surface area contributed by atoms with Crippen molar-refractivity contribution in [2.75, 3.05) is 38.8 Å². The van der Waals surface area contributed by atoms with Crippen molar-refractivity contribution < 1.29 is 24.1 Å². The van der Waals surface area contributed by atoms with Gasteiger partial charge in [0.1, 0.15) is 5.75 Å². The highest BCUT2D eigenvalue weighted by atomic mass is 35.5. The number of rotatable bonds is 6. The number of fused-ring (bicyclic) bond motifs is 3. The first kappa shape index (κ1) is 27.9. The van der Waals surface area contributed by atoms with Gasteiger partial charge in [-0.05, 0) is 111 Å². The van der Waals surface area contributed by atoms with Crippen LogP contribution in [0, 0.1) is 17.8 Å². The molecular formula is C33H42ClNO5. The lowest BCUT2D eigenvalue weighted by Gasteiger charge is -2.48. The Morgan fingerprint density at radius 1 is 1.15 bits per heavy atom. The van der Waals surface area contributed by atoms with Gasteiger partial charge in [0.25, 0.3) is 0 Å². The van der Waals surface area contributed by atoms with Crippen molar-refractivity contribution in [2.24, 2.45) is 17.8 Å². The highest BCUT2D eigenvalue weighted by Gasteiger charge is 2.46. The van der Waals surface area contributed by atoms with Crippen LogP contribution in [0.3, 0.4) is 0 Å². The molecule has 1 N–H and O–H groups in total. The number of aliphatic hydroxyl groups excluding tert-OH is 1.